The van der Waals surface area contributed by atoms with Crippen LogP contribution in [0, 0.1) is 0 Å². The molecule has 206 valence electrons. The molecule has 2 fully saturated rings. The van der Waals surface area contributed by atoms with Gasteiger partial charge in [-0.3, -0.25) is 19.3 Å². The summed E-state index contributed by atoms with van der Waals surface area (Å²) in [5, 5.41) is 4.17. The van der Waals surface area contributed by atoms with Crippen molar-refractivity contribution in [3.8, 4) is 0 Å². The topological polar surface area (TPSA) is 73.0 Å². The molecule has 2 aromatic carbocycles. The summed E-state index contributed by atoms with van der Waals surface area (Å²) in [4.78, 5) is 45.7. The Kier molecular flexibility index (Phi) is 7.77. The number of likely N-dealkylation sites (tertiary alicyclic amines) is 1. The Labute approximate surface area is 239 Å². The van der Waals surface area contributed by atoms with E-state index in [1.807, 2.05) is 41.0 Å². The summed E-state index contributed by atoms with van der Waals surface area (Å²) in [6, 6.07) is 12.4. The van der Waals surface area contributed by atoms with Gasteiger partial charge in [-0.1, -0.05) is 53.6 Å². The van der Waals surface area contributed by atoms with E-state index in [9.17, 15) is 14.4 Å². The number of rotatable bonds is 6. The van der Waals surface area contributed by atoms with E-state index in [1.165, 1.54) is 0 Å². The lowest BCUT2D eigenvalue weighted by molar-refractivity contribution is -0.143. The molecule has 0 bridgehead atoms. The first-order valence-electron chi connectivity index (χ1n) is 13.4. The quantitative estimate of drug-likeness (QED) is 0.513. The summed E-state index contributed by atoms with van der Waals surface area (Å²) in [6.07, 6.45) is 0.930. The Morgan fingerprint density at radius 1 is 1.03 bits per heavy atom. The molecule has 0 aromatic heterocycles. The van der Waals surface area contributed by atoms with Gasteiger partial charge in [-0.2, -0.15) is 0 Å². The molecule has 3 atom stereocenters. The predicted molar refractivity (Wildman–Crippen MR) is 154 cm³/mol. The zero-order chi connectivity index (χ0) is 27.9. The lowest BCUT2D eigenvalue weighted by Crippen LogP contribution is -2.64. The van der Waals surface area contributed by atoms with Crippen LogP contribution < -0.4 is 5.32 Å². The van der Waals surface area contributed by atoms with Gasteiger partial charge in [0, 0.05) is 67.7 Å². The first kappa shape index (κ1) is 27.7. The molecule has 0 saturated carbocycles. The third-order valence-corrected chi connectivity index (χ3v) is 8.92. The van der Waals surface area contributed by atoms with Crippen LogP contribution in [-0.2, 0) is 19.8 Å². The van der Waals surface area contributed by atoms with Crippen molar-refractivity contribution in [3.63, 3.8) is 0 Å². The Hall–Kier alpha value is -2.87. The van der Waals surface area contributed by atoms with Gasteiger partial charge in [0.05, 0.1) is 6.04 Å². The van der Waals surface area contributed by atoms with Gasteiger partial charge >= 0.3 is 0 Å². The zero-order valence-corrected chi connectivity index (χ0v) is 23.9. The van der Waals surface area contributed by atoms with Gasteiger partial charge in [-0.15, -0.1) is 0 Å². The number of amides is 3. The highest BCUT2D eigenvalue weighted by Gasteiger charge is 2.63. The number of piperazine rings is 1. The van der Waals surface area contributed by atoms with Crippen LogP contribution in [0.5, 0.6) is 0 Å². The van der Waals surface area contributed by atoms with Crippen LogP contribution in [0.15, 0.2) is 54.6 Å². The van der Waals surface area contributed by atoms with Crippen molar-refractivity contribution in [3.05, 3.63) is 75.8 Å². The first-order chi connectivity index (χ1) is 18.6. The highest BCUT2D eigenvalue weighted by molar-refractivity contribution is 6.31. The lowest BCUT2D eigenvalue weighted by atomic mass is 9.58. The van der Waals surface area contributed by atoms with Crippen molar-refractivity contribution in [1.82, 2.24) is 14.7 Å². The predicted octanol–water partition coefficient (Wildman–Crippen LogP) is 4.70. The molecular weight excluding hydrogens is 535 g/mol. The van der Waals surface area contributed by atoms with Gasteiger partial charge in [0.25, 0.3) is 0 Å². The summed E-state index contributed by atoms with van der Waals surface area (Å²) in [6.45, 7) is 12.2. The largest absolute Gasteiger partial charge is 0.340 e. The van der Waals surface area contributed by atoms with Crippen LogP contribution in [0.2, 0.25) is 10.0 Å². The van der Waals surface area contributed by atoms with E-state index in [0.717, 1.165) is 55.8 Å². The van der Waals surface area contributed by atoms with Crippen LogP contribution in [0.3, 0.4) is 0 Å². The Bertz CT molecular complexity index is 1320. The second kappa shape index (κ2) is 11.0. The normalized spacial score (nSPS) is 25.1. The van der Waals surface area contributed by atoms with Gasteiger partial charge in [-0.25, -0.2) is 0 Å². The fourth-order valence-electron chi connectivity index (χ4n) is 6.74. The highest BCUT2D eigenvalue weighted by Crippen LogP contribution is 2.56. The van der Waals surface area contributed by atoms with Gasteiger partial charge < -0.3 is 15.1 Å². The Balaban J connectivity index is 1.49. The van der Waals surface area contributed by atoms with E-state index < -0.39 is 17.4 Å². The first-order valence-corrected chi connectivity index (χ1v) is 14.2. The molecule has 3 amide bonds. The number of nitrogens with zero attached hydrogens (tertiary/aromatic N) is 3. The average molecular weight is 570 g/mol. The maximum atomic E-state index is 14.2. The monoisotopic (exact) mass is 568 g/mol. The molecule has 9 heteroatoms. The summed E-state index contributed by atoms with van der Waals surface area (Å²) in [7, 11) is 0. The molecular formula is C30H34Cl2N4O3. The summed E-state index contributed by atoms with van der Waals surface area (Å²) >= 11 is 12.7. The fraction of sp³-hybridized carbons (Fsp3) is 0.433. The number of fused-ring (bicyclic) bond motifs is 2. The zero-order valence-electron chi connectivity index (χ0n) is 22.4. The average Bonchev–Trinajstić information content (AvgIpc) is 3.16. The maximum Gasteiger partial charge on any atom is 0.238 e. The molecule has 0 radical (unpaired) electrons. The van der Waals surface area contributed by atoms with Crippen molar-refractivity contribution in [2.45, 2.75) is 44.1 Å². The second-order valence-electron chi connectivity index (χ2n) is 10.9. The molecule has 3 aliphatic rings. The number of carbonyl (C=O) groups excluding carboxylic acids is 3. The minimum atomic E-state index is -1.07. The SMILES string of the molecule is C=C(C)C1N(CCCN2CCN(C(C)=O)CC2)C(=O)CC(c2cccc(Cl)c2)C12C(=O)Nc1cc(Cl)ccc12. The van der Waals surface area contributed by atoms with E-state index in [4.69, 9.17) is 23.2 Å². The molecule has 1 spiro atoms. The van der Waals surface area contributed by atoms with E-state index in [2.05, 4.69) is 16.8 Å². The number of hydrogen-bond acceptors (Lipinski definition) is 4. The van der Waals surface area contributed by atoms with E-state index in [-0.39, 0.29) is 24.1 Å². The molecule has 1 N–H and O–H groups in total. The minimum Gasteiger partial charge on any atom is -0.340 e. The molecule has 2 saturated heterocycles. The van der Waals surface area contributed by atoms with E-state index in [1.54, 1.807) is 25.1 Å². The molecule has 7 nitrogen and oxygen atoms in total. The summed E-state index contributed by atoms with van der Waals surface area (Å²) < 4.78 is 0. The van der Waals surface area contributed by atoms with Crippen molar-refractivity contribution < 1.29 is 14.4 Å². The number of piperidine rings is 1. The van der Waals surface area contributed by atoms with Gasteiger partial charge in [0.15, 0.2) is 0 Å². The van der Waals surface area contributed by atoms with Gasteiger partial charge in [-0.05, 0) is 55.3 Å². The third kappa shape index (κ3) is 4.96. The van der Waals surface area contributed by atoms with Crippen LogP contribution in [0.25, 0.3) is 0 Å². The smallest absolute Gasteiger partial charge is 0.238 e. The Morgan fingerprint density at radius 2 is 1.74 bits per heavy atom. The summed E-state index contributed by atoms with van der Waals surface area (Å²) in [5.74, 6) is -0.483. The van der Waals surface area contributed by atoms with Crippen LogP contribution in [0.1, 0.15) is 43.7 Å². The molecule has 2 aromatic rings. The number of carbonyl (C=O) groups is 3. The molecule has 5 rings (SSSR count). The van der Waals surface area contributed by atoms with Crippen molar-refractivity contribution in [2.24, 2.45) is 0 Å². The molecule has 3 heterocycles. The van der Waals surface area contributed by atoms with Crippen molar-refractivity contribution in [1.29, 1.82) is 0 Å². The highest BCUT2D eigenvalue weighted by atomic mass is 35.5. The molecule has 39 heavy (non-hydrogen) atoms. The molecule has 3 unspecified atom stereocenters. The molecule has 3 aliphatic heterocycles. The van der Waals surface area contributed by atoms with E-state index >= 15 is 0 Å². The number of halogens is 2. The summed E-state index contributed by atoms with van der Waals surface area (Å²) in [5.41, 5.74) is 2.03. The minimum absolute atomic E-state index is 0.00443. The standard InChI is InChI=1S/C30H34Cl2N4O3/c1-19(2)28-30(24-9-8-23(32)17-26(24)33-29(30)39)25(21-6-4-7-22(31)16-21)18-27(38)36(28)11-5-10-34-12-14-35(15-13-34)20(3)37/h4,6-9,16-17,25,28H,1,5,10-15,18H2,2-3H3,(H,33,39). The van der Waals surface area contributed by atoms with Crippen LogP contribution in [-0.4, -0.2) is 77.7 Å². The fourth-order valence-corrected chi connectivity index (χ4v) is 7.11. The van der Waals surface area contributed by atoms with E-state index in [0.29, 0.717) is 22.3 Å². The number of anilines is 1. The Morgan fingerprint density at radius 3 is 2.41 bits per heavy atom. The van der Waals surface area contributed by atoms with Crippen LogP contribution >= 0.6 is 23.2 Å². The van der Waals surface area contributed by atoms with Crippen LogP contribution in [0.4, 0.5) is 5.69 Å². The number of hydrogen-bond donors (Lipinski definition) is 1. The number of benzene rings is 2. The van der Waals surface area contributed by atoms with Gasteiger partial charge in [0.1, 0.15) is 5.41 Å². The lowest BCUT2D eigenvalue weighted by Gasteiger charge is -2.52. The molecule has 0 aliphatic carbocycles. The van der Waals surface area contributed by atoms with Gasteiger partial charge in [0.2, 0.25) is 17.7 Å². The van der Waals surface area contributed by atoms with Crippen molar-refractivity contribution >= 4 is 46.6 Å². The second-order valence-corrected chi connectivity index (χ2v) is 11.7. The third-order valence-electron chi connectivity index (χ3n) is 8.45. The number of nitrogens with one attached hydrogen (secondary N) is 1. The van der Waals surface area contributed by atoms with Crippen molar-refractivity contribution in [2.75, 3.05) is 44.6 Å². The maximum absolute atomic E-state index is 14.2.